The highest BCUT2D eigenvalue weighted by atomic mass is 19.4. The molecule has 1 rings (SSSR count). The maximum absolute atomic E-state index is 12.8. The van der Waals surface area contributed by atoms with Crippen molar-refractivity contribution in [1.29, 1.82) is 0 Å². The van der Waals surface area contributed by atoms with Crippen LogP contribution < -0.4 is 11.1 Å². The minimum atomic E-state index is -5.43. The molecular formula is C13H13F3N2O5. The molecule has 0 aliphatic carbocycles. The van der Waals surface area contributed by atoms with Crippen molar-refractivity contribution in [1.82, 2.24) is 0 Å². The first kappa shape index (κ1) is 18.4. The predicted octanol–water partition coefficient (Wildman–Crippen LogP) is 0.580. The third-order valence-corrected chi connectivity index (χ3v) is 2.88. The number of halogens is 3. The topological polar surface area (TPSA) is 119 Å². The van der Waals surface area contributed by atoms with Crippen molar-refractivity contribution in [3.05, 3.63) is 29.8 Å². The van der Waals surface area contributed by atoms with Crippen LogP contribution in [0.25, 0.3) is 0 Å². The van der Waals surface area contributed by atoms with Crippen molar-refractivity contribution in [2.24, 2.45) is 5.73 Å². The summed E-state index contributed by atoms with van der Waals surface area (Å²) in [6.45, 7) is 0. The molecule has 1 atom stereocenters. The lowest BCUT2D eigenvalue weighted by Gasteiger charge is -2.27. The van der Waals surface area contributed by atoms with E-state index in [1.54, 1.807) is 0 Å². The van der Waals surface area contributed by atoms with Crippen LogP contribution in [0.5, 0.6) is 0 Å². The number of aliphatic hydroxyl groups is 1. The van der Waals surface area contributed by atoms with Gasteiger partial charge in [0.25, 0.3) is 11.5 Å². The van der Waals surface area contributed by atoms with E-state index in [0.717, 1.165) is 0 Å². The number of anilines is 1. The molecule has 0 aliphatic heterocycles. The number of carbonyl (C=O) groups is 3. The van der Waals surface area contributed by atoms with Gasteiger partial charge in [-0.05, 0) is 12.1 Å². The zero-order valence-electron chi connectivity index (χ0n) is 11.8. The SMILES string of the molecule is COC(=O)[C@](O)(CC(=O)Nc1ccccc1C(N)=O)C(F)(F)F. The molecule has 0 unspecified atom stereocenters. The van der Waals surface area contributed by atoms with E-state index in [1.807, 2.05) is 5.32 Å². The van der Waals surface area contributed by atoms with Gasteiger partial charge in [-0.3, -0.25) is 9.59 Å². The van der Waals surface area contributed by atoms with E-state index in [9.17, 15) is 32.7 Å². The average molecular weight is 334 g/mol. The van der Waals surface area contributed by atoms with Gasteiger partial charge in [0, 0.05) is 0 Å². The number of nitrogens with two attached hydrogens (primary N) is 1. The molecule has 1 aromatic carbocycles. The van der Waals surface area contributed by atoms with Crippen molar-refractivity contribution in [2.45, 2.75) is 18.2 Å². The van der Waals surface area contributed by atoms with E-state index in [1.165, 1.54) is 24.3 Å². The number of amides is 2. The van der Waals surface area contributed by atoms with Gasteiger partial charge in [-0.15, -0.1) is 0 Å². The maximum atomic E-state index is 12.8. The van der Waals surface area contributed by atoms with Crippen LogP contribution in [0.15, 0.2) is 24.3 Å². The number of rotatable bonds is 5. The molecule has 10 heteroatoms. The maximum Gasteiger partial charge on any atom is 0.428 e. The van der Waals surface area contributed by atoms with E-state index in [4.69, 9.17) is 5.73 Å². The molecular weight excluding hydrogens is 321 g/mol. The number of methoxy groups -OCH3 is 1. The van der Waals surface area contributed by atoms with Gasteiger partial charge < -0.3 is 20.9 Å². The Morgan fingerprint density at radius 2 is 1.83 bits per heavy atom. The summed E-state index contributed by atoms with van der Waals surface area (Å²) in [6.07, 6.45) is -7.07. The van der Waals surface area contributed by atoms with E-state index < -0.39 is 36.0 Å². The Morgan fingerprint density at radius 3 is 2.30 bits per heavy atom. The number of carbonyl (C=O) groups excluding carboxylic acids is 3. The van der Waals surface area contributed by atoms with Crippen LogP contribution in [0.1, 0.15) is 16.8 Å². The highest BCUT2D eigenvalue weighted by molar-refractivity contribution is 6.04. The summed E-state index contributed by atoms with van der Waals surface area (Å²) in [4.78, 5) is 34.1. The van der Waals surface area contributed by atoms with Crippen LogP contribution >= 0.6 is 0 Å². The second kappa shape index (κ2) is 6.65. The van der Waals surface area contributed by atoms with Gasteiger partial charge in [0.2, 0.25) is 5.91 Å². The molecule has 0 fully saturated rings. The predicted molar refractivity (Wildman–Crippen MR) is 71.2 cm³/mol. The molecule has 0 saturated heterocycles. The Balaban J connectivity index is 3.03. The average Bonchev–Trinajstić information content (AvgIpc) is 2.45. The van der Waals surface area contributed by atoms with Crippen LogP contribution in [0.4, 0.5) is 18.9 Å². The number of alkyl halides is 3. The number of para-hydroxylation sites is 1. The second-order valence-electron chi connectivity index (χ2n) is 4.48. The third-order valence-electron chi connectivity index (χ3n) is 2.88. The minimum absolute atomic E-state index is 0.144. The number of hydrogen-bond acceptors (Lipinski definition) is 5. The van der Waals surface area contributed by atoms with E-state index in [2.05, 4.69) is 4.74 Å². The largest absolute Gasteiger partial charge is 0.467 e. The molecule has 4 N–H and O–H groups in total. The molecule has 1 aromatic rings. The summed E-state index contributed by atoms with van der Waals surface area (Å²) in [5.74, 6) is -4.30. The fraction of sp³-hybridized carbons (Fsp3) is 0.308. The zero-order valence-corrected chi connectivity index (χ0v) is 11.8. The lowest BCUT2D eigenvalue weighted by atomic mass is 9.98. The molecule has 7 nitrogen and oxygen atoms in total. The number of nitrogens with one attached hydrogen (secondary N) is 1. The van der Waals surface area contributed by atoms with E-state index in [-0.39, 0.29) is 11.3 Å². The fourth-order valence-corrected chi connectivity index (χ4v) is 1.69. The normalized spacial score (nSPS) is 13.8. The summed E-state index contributed by atoms with van der Waals surface area (Å²) in [5.41, 5.74) is 0.759. The number of hydrogen-bond donors (Lipinski definition) is 3. The van der Waals surface area contributed by atoms with Gasteiger partial charge in [-0.25, -0.2) is 4.79 Å². The molecule has 2 amide bonds. The van der Waals surface area contributed by atoms with E-state index in [0.29, 0.717) is 7.11 Å². The molecule has 23 heavy (non-hydrogen) atoms. The number of benzene rings is 1. The van der Waals surface area contributed by atoms with Crippen LogP contribution in [0.3, 0.4) is 0 Å². The smallest absolute Gasteiger partial charge is 0.428 e. The molecule has 0 bridgehead atoms. The van der Waals surface area contributed by atoms with Crippen molar-refractivity contribution in [2.75, 3.05) is 12.4 Å². The highest BCUT2D eigenvalue weighted by Gasteiger charge is 2.61. The molecule has 0 aliphatic rings. The highest BCUT2D eigenvalue weighted by Crippen LogP contribution is 2.34. The quantitative estimate of drug-likeness (QED) is 0.681. The van der Waals surface area contributed by atoms with Crippen LogP contribution in [0, 0.1) is 0 Å². The fourth-order valence-electron chi connectivity index (χ4n) is 1.69. The van der Waals surface area contributed by atoms with Gasteiger partial charge in [0.1, 0.15) is 0 Å². The van der Waals surface area contributed by atoms with Crippen LogP contribution in [-0.2, 0) is 14.3 Å². The third kappa shape index (κ3) is 3.97. The lowest BCUT2D eigenvalue weighted by Crippen LogP contribution is -2.54. The van der Waals surface area contributed by atoms with Gasteiger partial charge in [-0.1, -0.05) is 12.1 Å². The van der Waals surface area contributed by atoms with Crippen molar-refractivity contribution >= 4 is 23.5 Å². The minimum Gasteiger partial charge on any atom is -0.467 e. The molecule has 0 radical (unpaired) electrons. The summed E-state index contributed by atoms with van der Waals surface area (Å²) in [7, 11) is 0.638. The molecule has 0 heterocycles. The number of esters is 1. The summed E-state index contributed by atoms with van der Waals surface area (Å²) in [5, 5.41) is 11.5. The Labute approximate surface area is 128 Å². The summed E-state index contributed by atoms with van der Waals surface area (Å²) >= 11 is 0. The standard InChI is InChI=1S/C13H13F3N2O5/c1-23-11(21)12(22,13(14,15)16)6-9(19)18-8-5-3-2-4-7(8)10(17)20/h2-5,22H,6H2,1H3,(H2,17,20)(H,18,19)/t12-/m1/s1. The van der Waals surface area contributed by atoms with Gasteiger partial charge in [0.15, 0.2) is 0 Å². The first-order valence-corrected chi connectivity index (χ1v) is 6.09. The van der Waals surface area contributed by atoms with Crippen LogP contribution in [0.2, 0.25) is 0 Å². The lowest BCUT2D eigenvalue weighted by molar-refractivity contribution is -0.261. The van der Waals surface area contributed by atoms with Gasteiger partial charge in [0.05, 0.1) is 24.8 Å². The zero-order chi connectivity index (χ0) is 17.8. The van der Waals surface area contributed by atoms with Crippen LogP contribution in [-0.4, -0.2) is 41.8 Å². The number of ether oxygens (including phenoxy) is 1. The molecule has 126 valence electrons. The Kier molecular flexibility index (Phi) is 5.33. The van der Waals surface area contributed by atoms with Crippen molar-refractivity contribution in [3.8, 4) is 0 Å². The Hall–Kier alpha value is -2.62. The second-order valence-corrected chi connectivity index (χ2v) is 4.48. The molecule has 0 spiro atoms. The molecule has 0 saturated carbocycles. The van der Waals surface area contributed by atoms with Gasteiger partial charge in [-0.2, -0.15) is 13.2 Å². The van der Waals surface area contributed by atoms with Crippen molar-refractivity contribution < 1.29 is 37.4 Å². The monoisotopic (exact) mass is 334 g/mol. The van der Waals surface area contributed by atoms with Crippen molar-refractivity contribution in [3.63, 3.8) is 0 Å². The first-order valence-electron chi connectivity index (χ1n) is 6.09. The van der Waals surface area contributed by atoms with Gasteiger partial charge >= 0.3 is 12.1 Å². The summed E-state index contributed by atoms with van der Waals surface area (Å²) in [6, 6.07) is 5.30. The Bertz CT molecular complexity index is 632. The Morgan fingerprint density at radius 1 is 1.26 bits per heavy atom. The number of primary amides is 1. The summed E-state index contributed by atoms with van der Waals surface area (Å²) < 4.78 is 42.4. The van der Waals surface area contributed by atoms with E-state index >= 15 is 0 Å². The molecule has 0 aromatic heterocycles. The first-order chi connectivity index (χ1) is 10.5.